The highest BCUT2D eigenvalue weighted by Crippen LogP contribution is 2.04. The molecule has 1 rings (SSSR count). The SMILES string of the molecule is CC(CCl)C(=O)NCc1cccc(F)c1. The normalized spacial score (nSPS) is 12.2. The van der Waals surface area contributed by atoms with Crippen molar-refractivity contribution in [2.45, 2.75) is 13.5 Å². The molecule has 4 heteroatoms. The van der Waals surface area contributed by atoms with Crippen LogP contribution < -0.4 is 5.32 Å². The first-order valence-corrected chi connectivity index (χ1v) is 5.25. The standard InChI is InChI=1S/C11H13ClFNO/c1-8(6-12)11(15)14-7-9-3-2-4-10(13)5-9/h2-5,8H,6-7H2,1H3,(H,14,15). The zero-order valence-corrected chi connectivity index (χ0v) is 9.22. The Bertz CT molecular complexity index is 343. The van der Waals surface area contributed by atoms with Crippen molar-refractivity contribution in [1.29, 1.82) is 0 Å². The molecular weight excluding hydrogens is 217 g/mol. The Kier molecular flexibility index (Phi) is 4.56. The molecule has 0 aliphatic carbocycles. The second kappa shape index (κ2) is 5.71. The Balaban J connectivity index is 2.47. The van der Waals surface area contributed by atoms with Crippen LogP contribution in [0, 0.1) is 11.7 Å². The van der Waals surface area contributed by atoms with Crippen molar-refractivity contribution in [1.82, 2.24) is 5.32 Å². The molecule has 0 radical (unpaired) electrons. The van der Waals surface area contributed by atoms with Gasteiger partial charge in [-0.2, -0.15) is 0 Å². The van der Waals surface area contributed by atoms with Crippen LogP contribution in [0.3, 0.4) is 0 Å². The summed E-state index contributed by atoms with van der Waals surface area (Å²) in [6.45, 7) is 2.08. The first-order chi connectivity index (χ1) is 7.13. The highest BCUT2D eigenvalue weighted by atomic mass is 35.5. The minimum atomic E-state index is -0.299. The predicted octanol–water partition coefficient (Wildman–Crippen LogP) is 2.32. The highest BCUT2D eigenvalue weighted by molar-refractivity contribution is 6.19. The number of halogens is 2. The van der Waals surface area contributed by atoms with Crippen molar-refractivity contribution in [3.63, 3.8) is 0 Å². The van der Waals surface area contributed by atoms with E-state index in [2.05, 4.69) is 5.32 Å². The summed E-state index contributed by atoms with van der Waals surface area (Å²) in [6.07, 6.45) is 0. The molecule has 1 aromatic carbocycles. The van der Waals surface area contributed by atoms with Gasteiger partial charge in [0.05, 0.1) is 0 Å². The van der Waals surface area contributed by atoms with Gasteiger partial charge in [0.2, 0.25) is 5.91 Å². The summed E-state index contributed by atoms with van der Waals surface area (Å²) in [5.41, 5.74) is 0.741. The van der Waals surface area contributed by atoms with Crippen molar-refractivity contribution in [2.75, 3.05) is 5.88 Å². The van der Waals surface area contributed by atoms with E-state index in [1.54, 1.807) is 19.1 Å². The molecule has 0 aliphatic heterocycles. The lowest BCUT2D eigenvalue weighted by molar-refractivity contribution is -0.124. The van der Waals surface area contributed by atoms with Crippen LogP contribution >= 0.6 is 11.6 Å². The van der Waals surface area contributed by atoms with Crippen molar-refractivity contribution >= 4 is 17.5 Å². The Morgan fingerprint density at radius 3 is 2.93 bits per heavy atom. The molecule has 0 aliphatic rings. The van der Waals surface area contributed by atoms with Crippen LogP contribution in [0.5, 0.6) is 0 Å². The van der Waals surface area contributed by atoms with Crippen molar-refractivity contribution in [2.24, 2.45) is 5.92 Å². The van der Waals surface area contributed by atoms with Crippen LogP contribution in [-0.2, 0) is 11.3 Å². The van der Waals surface area contributed by atoms with E-state index >= 15 is 0 Å². The van der Waals surface area contributed by atoms with Gasteiger partial charge in [0, 0.05) is 18.3 Å². The topological polar surface area (TPSA) is 29.1 Å². The summed E-state index contributed by atoms with van der Waals surface area (Å²) >= 11 is 5.53. The minimum absolute atomic E-state index is 0.116. The summed E-state index contributed by atoms with van der Waals surface area (Å²) in [7, 11) is 0. The van der Waals surface area contributed by atoms with Crippen molar-refractivity contribution in [3.05, 3.63) is 35.6 Å². The molecule has 0 spiro atoms. The molecular formula is C11H13ClFNO. The van der Waals surface area contributed by atoms with E-state index in [0.717, 1.165) is 5.56 Å². The number of hydrogen-bond acceptors (Lipinski definition) is 1. The lowest BCUT2D eigenvalue weighted by Crippen LogP contribution is -2.29. The highest BCUT2D eigenvalue weighted by Gasteiger charge is 2.10. The van der Waals surface area contributed by atoms with Crippen LogP contribution in [0.25, 0.3) is 0 Å². The lowest BCUT2D eigenvalue weighted by atomic mass is 10.2. The number of amides is 1. The van der Waals surface area contributed by atoms with E-state index in [0.29, 0.717) is 6.54 Å². The molecule has 15 heavy (non-hydrogen) atoms. The number of carbonyl (C=O) groups is 1. The zero-order chi connectivity index (χ0) is 11.3. The maximum absolute atomic E-state index is 12.8. The zero-order valence-electron chi connectivity index (χ0n) is 8.47. The largest absolute Gasteiger partial charge is 0.352 e. The van der Waals surface area contributed by atoms with Gasteiger partial charge in [-0.1, -0.05) is 19.1 Å². The van der Waals surface area contributed by atoms with Crippen molar-refractivity contribution < 1.29 is 9.18 Å². The molecule has 82 valence electrons. The second-order valence-electron chi connectivity index (χ2n) is 3.40. The van der Waals surface area contributed by atoms with Gasteiger partial charge in [0.1, 0.15) is 5.82 Å². The number of hydrogen-bond donors (Lipinski definition) is 1. The van der Waals surface area contributed by atoms with Crippen LogP contribution in [0.1, 0.15) is 12.5 Å². The molecule has 1 N–H and O–H groups in total. The van der Waals surface area contributed by atoms with Gasteiger partial charge in [-0.05, 0) is 17.7 Å². The molecule has 0 saturated carbocycles. The number of rotatable bonds is 4. The Morgan fingerprint density at radius 2 is 2.33 bits per heavy atom. The average molecular weight is 230 g/mol. The van der Waals surface area contributed by atoms with E-state index in [-0.39, 0.29) is 23.5 Å². The van der Waals surface area contributed by atoms with Crippen molar-refractivity contribution in [3.8, 4) is 0 Å². The van der Waals surface area contributed by atoms with Crippen LogP contribution in [0.15, 0.2) is 24.3 Å². The first kappa shape index (κ1) is 12.0. The lowest BCUT2D eigenvalue weighted by Gasteiger charge is -2.09. The van der Waals surface area contributed by atoms with Gasteiger partial charge in [-0.25, -0.2) is 4.39 Å². The molecule has 1 amide bonds. The maximum atomic E-state index is 12.8. The summed E-state index contributed by atoms with van der Waals surface area (Å²) in [4.78, 5) is 11.3. The third kappa shape index (κ3) is 3.88. The molecule has 2 nitrogen and oxygen atoms in total. The third-order valence-electron chi connectivity index (χ3n) is 2.03. The molecule has 0 bridgehead atoms. The van der Waals surface area contributed by atoms with Gasteiger partial charge >= 0.3 is 0 Å². The van der Waals surface area contributed by atoms with Gasteiger partial charge in [0.15, 0.2) is 0 Å². The predicted molar refractivity (Wildman–Crippen MR) is 58.1 cm³/mol. The quantitative estimate of drug-likeness (QED) is 0.789. The fourth-order valence-corrected chi connectivity index (χ4v) is 1.22. The molecule has 0 aromatic heterocycles. The van der Waals surface area contributed by atoms with Gasteiger partial charge in [-0.3, -0.25) is 4.79 Å². The fourth-order valence-electron chi connectivity index (χ4n) is 1.08. The van der Waals surface area contributed by atoms with E-state index in [9.17, 15) is 9.18 Å². The van der Waals surface area contributed by atoms with E-state index in [1.807, 2.05) is 0 Å². The maximum Gasteiger partial charge on any atom is 0.224 e. The van der Waals surface area contributed by atoms with E-state index in [1.165, 1.54) is 12.1 Å². The Morgan fingerprint density at radius 1 is 1.60 bits per heavy atom. The minimum Gasteiger partial charge on any atom is -0.352 e. The molecule has 0 saturated heterocycles. The Hall–Kier alpha value is -1.09. The van der Waals surface area contributed by atoms with Gasteiger partial charge in [-0.15, -0.1) is 11.6 Å². The van der Waals surface area contributed by atoms with Gasteiger partial charge in [0.25, 0.3) is 0 Å². The van der Waals surface area contributed by atoms with E-state index < -0.39 is 0 Å². The van der Waals surface area contributed by atoms with Gasteiger partial charge < -0.3 is 5.32 Å². The molecule has 1 atom stereocenters. The molecule has 0 heterocycles. The molecule has 0 fully saturated rings. The first-order valence-electron chi connectivity index (χ1n) is 4.71. The fraction of sp³-hybridized carbons (Fsp3) is 0.364. The number of nitrogens with one attached hydrogen (secondary N) is 1. The summed E-state index contributed by atoms with van der Waals surface area (Å²) < 4.78 is 12.8. The number of alkyl halides is 1. The molecule has 1 unspecified atom stereocenters. The average Bonchev–Trinajstić information content (AvgIpc) is 2.25. The summed E-state index contributed by atoms with van der Waals surface area (Å²) in [5, 5.41) is 2.69. The smallest absolute Gasteiger partial charge is 0.224 e. The van der Waals surface area contributed by atoms with Crippen LogP contribution in [0.2, 0.25) is 0 Å². The second-order valence-corrected chi connectivity index (χ2v) is 3.71. The molecule has 1 aromatic rings. The Labute approximate surface area is 93.4 Å². The third-order valence-corrected chi connectivity index (χ3v) is 2.50. The monoisotopic (exact) mass is 229 g/mol. The number of carbonyl (C=O) groups excluding carboxylic acids is 1. The van der Waals surface area contributed by atoms with Crippen LogP contribution in [0.4, 0.5) is 4.39 Å². The van der Waals surface area contributed by atoms with E-state index in [4.69, 9.17) is 11.6 Å². The van der Waals surface area contributed by atoms with Crippen LogP contribution in [-0.4, -0.2) is 11.8 Å². The summed E-state index contributed by atoms with van der Waals surface area (Å²) in [6, 6.07) is 6.13. The number of benzene rings is 1. The summed E-state index contributed by atoms with van der Waals surface area (Å²) in [5.74, 6) is -0.351.